The molecule has 0 radical (unpaired) electrons. The van der Waals surface area contributed by atoms with Crippen LogP contribution in [-0.2, 0) is 9.59 Å². The van der Waals surface area contributed by atoms with E-state index in [1.807, 2.05) is 0 Å². The second kappa shape index (κ2) is 7.72. The van der Waals surface area contributed by atoms with Crippen LogP contribution in [0, 0.1) is 0 Å². The predicted molar refractivity (Wildman–Crippen MR) is 90.0 cm³/mol. The lowest BCUT2D eigenvalue weighted by atomic mass is 10.2. The van der Waals surface area contributed by atoms with Crippen molar-refractivity contribution in [2.24, 2.45) is 5.10 Å². The lowest BCUT2D eigenvalue weighted by molar-refractivity contribution is -0.136. The smallest absolute Gasteiger partial charge is 0.317 e. The molecule has 7 heteroatoms. The third-order valence-corrected chi connectivity index (χ3v) is 3.48. The first-order valence-corrected chi connectivity index (χ1v) is 7.38. The molecule has 0 atom stereocenters. The minimum Gasteiger partial charge on any atom is -0.317 e. The van der Waals surface area contributed by atoms with E-state index < -0.39 is 11.8 Å². The Balaban J connectivity index is 1.92. The van der Waals surface area contributed by atoms with Gasteiger partial charge in [0.15, 0.2) is 0 Å². The monoisotopic (exact) mass is 379 g/mol. The zero-order valence-corrected chi connectivity index (χ0v) is 13.6. The van der Waals surface area contributed by atoms with Gasteiger partial charge in [-0.25, -0.2) is 5.43 Å². The van der Waals surface area contributed by atoms with Crippen molar-refractivity contribution < 1.29 is 9.59 Å². The van der Waals surface area contributed by atoms with E-state index >= 15 is 0 Å². The van der Waals surface area contributed by atoms with Crippen LogP contribution < -0.4 is 10.7 Å². The fourth-order valence-corrected chi connectivity index (χ4v) is 2.13. The molecule has 0 spiro atoms. The van der Waals surface area contributed by atoms with Crippen LogP contribution in [0.15, 0.2) is 58.1 Å². The number of para-hydroxylation sites is 1. The molecule has 0 aliphatic rings. The van der Waals surface area contributed by atoms with Crippen LogP contribution in [0.4, 0.5) is 5.69 Å². The molecule has 5 nitrogen and oxygen atoms in total. The van der Waals surface area contributed by atoms with Crippen molar-refractivity contribution in [1.82, 2.24) is 5.43 Å². The number of carbonyl (C=O) groups excluding carboxylic acids is 2. The molecular weight excluding hydrogens is 370 g/mol. The maximum atomic E-state index is 11.7. The number of nitrogens with zero attached hydrogens (tertiary/aromatic N) is 1. The van der Waals surface area contributed by atoms with Gasteiger partial charge in [0.05, 0.1) is 11.9 Å². The normalized spacial score (nSPS) is 10.5. The van der Waals surface area contributed by atoms with Gasteiger partial charge in [-0.15, -0.1) is 0 Å². The summed E-state index contributed by atoms with van der Waals surface area (Å²) < 4.78 is 0.679. The van der Waals surface area contributed by atoms with E-state index in [1.54, 1.807) is 48.5 Å². The minimum absolute atomic E-state index is 0.501. The summed E-state index contributed by atoms with van der Waals surface area (Å²) in [5, 5.41) is 6.74. The van der Waals surface area contributed by atoms with Crippen molar-refractivity contribution in [3.63, 3.8) is 0 Å². The lowest BCUT2D eigenvalue weighted by Crippen LogP contribution is -2.32. The van der Waals surface area contributed by atoms with Crippen LogP contribution in [0.2, 0.25) is 5.02 Å². The summed E-state index contributed by atoms with van der Waals surface area (Å²) in [4.78, 5) is 23.4. The number of amides is 2. The topological polar surface area (TPSA) is 70.6 Å². The predicted octanol–water partition coefficient (Wildman–Crippen LogP) is 3.19. The zero-order chi connectivity index (χ0) is 15.9. The van der Waals surface area contributed by atoms with E-state index in [9.17, 15) is 9.59 Å². The Labute approximate surface area is 140 Å². The summed E-state index contributed by atoms with van der Waals surface area (Å²) in [6.45, 7) is 0. The van der Waals surface area contributed by atoms with E-state index in [-0.39, 0.29) is 0 Å². The Morgan fingerprint density at radius 2 is 1.86 bits per heavy atom. The first-order valence-electron chi connectivity index (χ1n) is 6.21. The van der Waals surface area contributed by atoms with E-state index in [4.69, 9.17) is 11.6 Å². The highest BCUT2D eigenvalue weighted by Gasteiger charge is 2.13. The van der Waals surface area contributed by atoms with Crippen LogP contribution in [0.5, 0.6) is 0 Å². The summed E-state index contributed by atoms with van der Waals surface area (Å²) in [7, 11) is 0. The molecule has 0 bridgehead atoms. The molecule has 0 aromatic heterocycles. The third-order valence-electron chi connectivity index (χ3n) is 2.56. The molecule has 0 heterocycles. The molecule has 2 amide bonds. The van der Waals surface area contributed by atoms with Crippen LogP contribution in [0.25, 0.3) is 0 Å². The van der Waals surface area contributed by atoms with Gasteiger partial charge in [-0.2, -0.15) is 5.10 Å². The summed E-state index contributed by atoms with van der Waals surface area (Å²) in [6.07, 6.45) is 1.40. The van der Waals surface area contributed by atoms with E-state index in [1.165, 1.54) is 6.21 Å². The molecular formula is C15H11BrClN3O2. The van der Waals surface area contributed by atoms with Gasteiger partial charge in [-0.1, -0.05) is 35.9 Å². The van der Waals surface area contributed by atoms with E-state index in [0.29, 0.717) is 20.7 Å². The second-order valence-corrected chi connectivity index (χ2v) is 5.48. The molecule has 0 saturated carbocycles. The van der Waals surface area contributed by atoms with Crippen molar-refractivity contribution in [2.45, 2.75) is 0 Å². The van der Waals surface area contributed by atoms with Gasteiger partial charge in [0.1, 0.15) is 0 Å². The molecule has 0 aliphatic carbocycles. The Hall–Kier alpha value is -2.18. The highest BCUT2D eigenvalue weighted by atomic mass is 79.9. The molecule has 0 aliphatic heterocycles. The van der Waals surface area contributed by atoms with Crippen LogP contribution >= 0.6 is 27.5 Å². The summed E-state index contributed by atoms with van der Waals surface area (Å²) in [5.74, 6) is -1.68. The molecule has 0 fully saturated rings. The molecule has 0 unspecified atom stereocenters. The molecule has 2 rings (SSSR count). The van der Waals surface area contributed by atoms with Gasteiger partial charge < -0.3 is 5.32 Å². The van der Waals surface area contributed by atoms with Gasteiger partial charge in [0.2, 0.25) is 0 Å². The highest BCUT2D eigenvalue weighted by Crippen LogP contribution is 2.20. The molecule has 112 valence electrons. The Morgan fingerprint density at radius 1 is 1.09 bits per heavy atom. The van der Waals surface area contributed by atoms with Gasteiger partial charge >= 0.3 is 11.8 Å². The van der Waals surface area contributed by atoms with Crippen LogP contribution in [0.3, 0.4) is 0 Å². The summed E-state index contributed by atoms with van der Waals surface area (Å²) in [6, 6.07) is 13.9. The van der Waals surface area contributed by atoms with E-state index in [0.717, 1.165) is 0 Å². The standard InChI is InChI=1S/C15H11BrClN3O2/c16-12-6-1-2-7-13(12)19-14(21)15(22)20-18-9-10-4-3-5-11(17)8-10/h1-9H,(H,19,21)(H,20,22)/b18-9-. The van der Waals surface area contributed by atoms with Crippen molar-refractivity contribution in [2.75, 3.05) is 5.32 Å². The van der Waals surface area contributed by atoms with Crippen molar-refractivity contribution >= 4 is 51.2 Å². The number of anilines is 1. The average molecular weight is 381 g/mol. The van der Waals surface area contributed by atoms with Crippen LogP contribution in [0.1, 0.15) is 5.56 Å². The fourth-order valence-electron chi connectivity index (χ4n) is 1.54. The first-order chi connectivity index (χ1) is 10.6. The quantitative estimate of drug-likeness (QED) is 0.488. The van der Waals surface area contributed by atoms with E-state index in [2.05, 4.69) is 31.8 Å². The maximum absolute atomic E-state index is 11.7. The first kappa shape index (κ1) is 16.2. The maximum Gasteiger partial charge on any atom is 0.329 e. The van der Waals surface area contributed by atoms with Crippen molar-refractivity contribution in [3.8, 4) is 0 Å². The molecule has 22 heavy (non-hydrogen) atoms. The van der Waals surface area contributed by atoms with Gasteiger partial charge in [-0.3, -0.25) is 9.59 Å². The largest absolute Gasteiger partial charge is 0.329 e. The molecule has 2 aromatic carbocycles. The molecule has 0 saturated heterocycles. The van der Waals surface area contributed by atoms with Gasteiger partial charge in [0.25, 0.3) is 0 Å². The molecule has 2 aromatic rings. The number of benzene rings is 2. The Kier molecular flexibility index (Phi) is 5.68. The lowest BCUT2D eigenvalue weighted by Gasteiger charge is -2.05. The van der Waals surface area contributed by atoms with Gasteiger partial charge in [-0.05, 0) is 45.8 Å². The average Bonchev–Trinajstić information content (AvgIpc) is 2.49. The number of rotatable bonds is 3. The summed E-state index contributed by atoms with van der Waals surface area (Å²) >= 11 is 9.10. The number of halogens is 2. The number of hydrogen-bond donors (Lipinski definition) is 2. The van der Waals surface area contributed by atoms with Gasteiger partial charge in [0, 0.05) is 9.50 Å². The van der Waals surface area contributed by atoms with Crippen molar-refractivity contribution in [3.05, 3.63) is 63.6 Å². The Bertz CT molecular complexity index is 734. The number of hydrazone groups is 1. The number of hydrogen-bond acceptors (Lipinski definition) is 3. The highest BCUT2D eigenvalue weighted by molar-refractivity contribution is 9.10. The van der Waals surface area contributed by atoms with Crippen molar-refractivity contribution in [1.29, 1.82) is 0 Å². The third kappa shape index (κ3) is 4.68. The zero-order valence-electron chi connectivity index (χ0n) is 11.2. The minimum atomic E-state index is -0.867. The second-order valence-electron chi connectivity index (χ2n) is 4.19. The number of carbonyl (C=O) groups is 2. The van der Waals surface area contributed by atoms with Crippen LogP contribution in [-0.4, -0.2) is 18.0 Å². The SMILES string of the molecule is O=C(N/N=C\c1cccc(Cl)c1)C(=O)Nc1ccccc1Br. The summed E-state index contributed by atoms with van der Waals surface area (Å²) in [5.41, 5.74) is 3.36. The molecule has 2 N–H and O–H groups in total. The number of nitrogens with one attached hydrogen (secondary N) is 2. The fraction of sp³-hybridized carbons (Fsp3) is 0. The Morgan fingerprint density at radius 3 is 2.59 bits per heavy atom.